The zero-order chi connectivity index (χ0) is 31.0. The summed E-state index contributed by atoms with van der Waals surface area (Å²) in [6.45, 7) is 13.3. The number of hydrogen-bond donors (Lipinski definition) is 4. The van der Waals surface area contributed by atoms with Crippen LogP contribution < -0.4 is 0 Å². The molecule has 4 N–H and O–H groups in total. The Hall–Kier alpha value is -3.00. The molecule has 4 rings (SSSR count). The van der Waals surface area contributed by atoms with E-state index in [-0.39, 0.29) is 47.5 Å². The molecular formula is C33H43FO7. The summed E-state index contributed by atoms with van der Waals surface area (Å²) in [5, 5.41) is 46.7. The van der Waals surface area contributed by atoms with E-state index in [0.29, 0.717) is 24.0 Å². The lowest BCUT2D eigenvalue weighted by Crippen LogP contribution is -2.69. The molecule has 0 amide bonds. The van der Waals surface area contributed by atoms with Crippen LogP contribution in [0.15, 0.2) is 23.0 Å². The number of allylic oxidation sites excluding steroid dienone is 1. The van der Waals surface area contributed by atoms with Gasteiger partial charge >= 0.3 is 0 Å². The lowest BCUT2D eigenvalue weighted by molar-refractivity contribution is -0.178. The van der Waals surface area contributed by atoms with Crippen molar-refractivity contribution in [3.05, 3.63) is 45.2 Å². The third-order valence-corrected chi connectivity index (χ3v) is 9.91. The Labute approximate surface area is 241 Å². The van der Waals surface area contributed by atoms with Gasteiger partial charge in [0.05, 0.1) is 12.2 Å². The van der Waals surface area contributed by atoms with Crippen molar-refractivity contribution in [1.29, 1.82) is 0 Å². The van der Waals surface area contributed by atoms with E-state index < -0.39 is 63.5 Å². The molecule has 7 nitrogen and oxygen atoms in total. The first-order valence-corrected chi connectivity index (χ1v) is 14.5. The molecule has 1 aromatic rings. The number of carbonyl (C=O) groups is 3. The van der Waals surface area contributed by atoms with Crippen molar-refractivity contribution in [2.24, 2.45) is 28.6 Å². The first kappa shape index (κ1) is 30.9. The average Bonchev–Trinajstić information content (AvgIpc) is 2.84. The summed E-state index contributed by atoms with van der Waals surface area (Å²) in [4.78, 5) is 40.6. The molecular weight excluding hydrogens is 527 g/mol. The van der Waals surface area contributed by atoms with Gasteiger partial charge in [0.25, 0.3) is 0 Å². The lowest BCUT2D eigenvalue weighted by Gasteiger charge is -2.60. The van der Waals surface area contributed by atoms with Gasteiger partial charge in [-0.1, -0.05) is 54.5 Å². The molecule has 224 valence electrons. The number of aliphatic hydroxyl groups is 3. The molecule has 0 aliphatic heterocycles. The molecule has 0 saturated heterocycles. The normalized spacial score (nSPS) is 30.5. The Morgan fingerprint density at radius 2 is 1.71 bits per heavy atom. The number of aryl methyl sites for hydroxylation is 1. The fourth-order valence-electron chi connectivity index (χ4n) is 8.06. The summed E-state index contributed by atoms with van der Waals surface area (Å²) in [6, 6.07) is 1.89. The number of rotatable bonds is 7. The fourth-order valence-corrected chi connectivity index (χ4v) is 8.06. The van der Waals surface area contributed by atoms with Crippen molar-refractivity contribution < 1.29 is 39.2 Å². The predicted octanol–water partition coefficient (Wildman–Crippen LogP) is 5.85. The van der Waals surface area contributed by atoms with Gasteiger partial charge in [-0.25, -0.2) is 0 Å². The van der Waals surface area contributed by atoms with Gasteiger partial charge in [0, 0.05) is 22.3 Å². The smallest absolute Gasteiger partial charge is 0.203 e. The molecule has 3 aliphatic rings. The molecule has 3 aliphatic carbocycles. The first-order chi connectivity index (χ1) is 18.9. The molecule has 1 fully saturated rings. The molecule has 0 bridgehead atoms. The van der Waals surface area contributed by atoms with Crippen molar-refractivity contribution >= 4 is 23.1 Å². The monoisotopic (exact) mass is 570 g/mol. The van der Waals surface area contributed by atoms with E-state index in [0.717, 1.165) is 12.5 Å². The maximum atomic E-state index is 14.5. The number of alkyl halides is 1. The van der Waals surface area contributed by atoms with Gasteiger partial charge in [-0.3, -0.25) is 18.8 Å². The van der Waals surface area contributed by atoms with Gasteiger partial charge in [-0.2, -0.15) is 0 Å². The highest BCUT2D eigenvalue weighted by Gasteiger charge is 2.72. The maximum Gasteiger partial charge on any atom is 0.203 e. The predicted molar refractivity (Wildman–Crippen MR) is 153 cm³/mol. The maximum absolute atomic E-state index is 14.5. The summed E-state index contributed by atoms with van der Waals surface area (Å²) < 4.78 is 13.2. The minimum absolute atomic E-state index is 0.00349. The van der Waals surface area contributed by atoms with Crippen LogP contribution in [0, 0.1) is 28.6 Å². The standard InChI is InChI=1S/C33H43FO7/c1-15(2)20-11-19(10-9-17(5)13-34)26(36)23-21(20)12-31(7)14-32(8)24(16(3)4)27(37)22(18(6)35)29(39)33(32,41)30(40)25(31)28(23)38/h11,15-17,24,36,38-39,41H,9-10,12-14H2,1-8H3/t17?,24?,31-,32-,33+/m1/s1. The number of halogens is 1. The first-order valence-electron chi connectivity index (χ1n) is 14.5. The summed E-state index contributed by atoms with van der Waals surface area (Å²) >= 11 is 0. The molecule has 8 heteroatoms. The van der Waals surface area contributed by atoms with Crippen LogP contribution in [0.25, 0.3) is 5.76 Å². The van der Waals surface area contributed by atoms with Crippen molar-refractivity contribution in [3.63, 3.8) is 0 Å². The molecule has 0 aromatic heterocycles. The second-order valence-corrected chi connectivity index (χ2v) is 13.7. The van der Waals surface area contributed by atoms with E-state index in [9.17, 15) is 39.2 Å². The topological polar surface area (TPSA) is 132 Å². The molecule has 5 atom stereocenters. The van der Waals surface area contributed by atoms with E-state index in [1.54, 1.807) is 34.6 Å². The highest BCUT2D eigenvalue weighted by atomic mass is 19.1. The minimum atomic E-state index is -2.64. The Morgan fingerprint density at radius 1 is 1.10 bits per heavy atom. The van der Waals surface area contributed by atoms with Gasteiger partial charge in [0.15, 0.2) is 17.2 Å². The number of benzene rings is 1. The number of ketones is 3. The van der Waals surface area contributed by atoms with Crippen LogP contribution in [0.3, 0.4) is 0 Å². The summed E-state index contributed by atoms with van der Waals surface area (Å²) in [5.74, 6) is -5.55. The van der Waals surface area contributed by atoms with Gasteiger partial charge in [0.2, 0.25) is 5.78 Å². The van der Waals surface area contributed by atoms with Gasteiger partial charge < -0.3 is 20.4 Å². The molecule has 1 aromatic carbocycles. The highest BCUT2D eigenvalue weighted by molar-refractivity contribution is 6.24. The third kappa shape index (κ3) is 4.19. The number of aromatic hydroxyl groups is 1. The molecule has 0 radical (unpaired) electrons. The second-order valence-electron chi connectivity index (χ2n) is 13.7. The van der Waals surface area contributed by atoms with Crippen molar-refractivity contribution in [1.82, 2.24) is 0 Å². The Balaban J connectivity index is 2.04. The van der Waals surface area contributed by atoms with E-state index >= 15 is 0 Å². The number of Topliss-reactive ketones (excluding diaryl/α,β-unsaturated/α-hetero) is 3. The SMILES string of the molecule is CC(=O)C1=C(O)[C@]2(O)C(=O)C3=C(O)c4c(O)c(CCC(C)CF)cc(C(C)C)c4C[C@]3(C)C[C@]2(C)C(C(C)C)C1=O. The quantitative estimate of drug-likeness (QED) is 0.302. The van der Waals surface area contributed by atoms with Crippen molar-refractivity contribution in [2.45, 2.75) is 92.6 Å². The van der Waals surface area contributed by atoms with Crippen LogP contribution in [0.2, 0.25) is 0 Å². The van der Waals surface area contributed by atoms with Gasteiger partial charge in [-0.15, -0.1) is 0 Å². The number of phenolic OH excluding ortho intramolecular Hbond substituents is 1. The van der Waals surface area contributed by atoms with Crippen molar-refractivity contribution in [3.8, 4) is 5.75 Å². The van der Waals surface area contributed by atoms with Crippen LogP contribution in [-0.2, 0) is 27.2 Å². The van der Waals surface area contributed by atoms with Crippen molar-refractivity contribution in [2.75, 3.05) is 6.67 Å². The van der Waals surface area contributed by atoms with Gasteiger partial charge in [-0.05, 0) is 67.1 Å². The van der Waals surface area contributed by atoms with E-state index in [1.165, 1.54) is 0 Å². The van der Waals surface area contributed by atoms with E-state index in [4.69, 9.17) is 0 Å². The number of phenols is 1. The Bertz CT molecular complexity index is 1400. The molecule has 1 saturated carbocycles. The highest BCUT2D eigenvalue weighted by Crippen LogP contribution is 2.65. The summed E-state index contributed by atoms with van der Waals surface area (Å²) in [7, 11) is 0. The van der Waals surface area contributed by atoms with E-state index in [2.05, 4.69) is 0 Å². The zero-order valence-electron chi connectivity index (χ0n) is 25.3. The largest absolute Gasteiger partial charge is 0.508 e. The Kier molecular flexibility index (Phi) is 7.60. The molecule has 0 heterocycles. The third-order valence-electron chi connectivity index (χ3n) is 9.91. The van der Waals surface area contributed by atoms with Crippen LogP contribution in [-0.4, -0.2) is 50.1 Å². The number of hydrogen-bond acceptors (Lipinski definition) is 7. The van der Waals surface area contributed by atoms with Crippen LogP contribution in [0.1, 0.15) is 96.4 Å². The second kappa shape index (κ2) is 10.1. The minimum Gasteiger partial charge on any atom is -0.508 e. The number of fused-ring (bicyclic) bond motifs is 3. The zero-order valence-corrected chi connectivity index (χ0v) is 25.3. The Morgan fingerprint density at radius 3 is 2.22 bits per heavy atom. The van der Waals surface area contributed by atoms with Crippen LogP contribution >= 0.6 is 0 Å². The fraction of sp³-hybridized carbons (Fsp3) is 0.606. The van der Waals surface area contributed by atoms with Gasteiger partial charge in [0.1, 0.15) is 22.8 Å². The summed E-state index contributed by atoms with van der Waals surface area (Å²) in [6.07, 6.45) is 1.14. The number of aliphatic hydroxyl groups excluding tert-OH is 2. The summed E-state index contributed by atoms with van der Waals surface area (Å²) in [5.41, 5.74) is -3.72. The molecule has 0 spiro atoms. The molecule has 41 heavy (non-hydrogen) atoms. The molecule has 2 unspecified atom stereocenters. The van der Waals surface area contributed by atoms with Crippen LogP contribution in [0.4, 0.5) is 4.39 Å². The average molecular weight is 571 g/mol. The number of carbonyl (C=O) groups excluding carboxylic acids is 3. The van der Waals surface area contributed by atoms with Crippen LogP contribution in [0.5, 0.6) is 5.75 Å². The lowest BCUT2D eigenvalue weighted by atomic mass is 9.43. The van der Waals surface area contributed by atoms with E-state index in [1.807, 2.05) is 19.9 Å².